The Morgan fingerprint density at radius 2 is 1.69 bits per heavy atom. The van der Waals surface area contributed by atoms with E-state index in [1.807, 2.05) is 6.08 Å². The number of allylic oxidation sites excluding steroid dienone is 1. The van der Waals surface area contributed by atoms with Crippen molar-refractivity contribution in [2.45, 2.75) is 108 Å². The van der Waals surface area contributed by atoms with Gasteiger partial charge in [0.2, 0.25) is 0 Å². The van der Waals surface area contributed by atoms with Crippen LogP contribution in [-0.4, -0.2) is 59.3 Å². The summed E-state index contributed by atoms with van der Waals surface area (Å²) in [5.41, 5.74) is 1.70. The summed E-state index contributed by atoms with van der Waals surface area (Å²) in [5, 5.41) is 11.3. The third-order valence-corrected chi connectivity index (χ3v) is 6.92. The van der Waals surface area contributed by atoms with Crippen molar-refractivity contribution in [1.82, 2.24) is 15.2 Å². The molecule has 2 atom stereocenters. The topological polar surface area (TPSA) is 77.1 Å². The number of nitrogens with two attached hydrogens (primary N) is 1. The smallest absolute Gasteiger partial charge is 0.139 e. The number of rotatable bonds is 19. The summed E-state index contributed by atoms with van der Waals surface area (Å²) in [6.07, 6.45) is 26.5. The van der Waals surface area contributed by atoms with Gasteiger partial charge in [-0.1, -0.05) is 63.5 Å². The van der Waals surface area contributed by atoms with Gasteiger partial charge in [0.1, 0.15) is 5.72 Å². The number of aliphatic imine (C=N–C) groups is 1. The van der Waals surface area contributed by atoms with E-state index in [1.165, 1.54) is 64.2 Å². The Bertz CT molecular complexity index is 552. The predicted octanol–water partition coefficient (Wildman–Crippen LogP) is 4.72. The Labute approximate surface area is 197 Å². The minimum atomic E-state index is -0.738. The molecule has 2 rings (SSSR count). The molecule has 0 aromatic rings. The van der Waals surface area contributed by atoms with Crippen molar-refractivity contribution in [2.75, 3.05) is 26.2 Å². The highest BCUT2D eigenvalue weighted by molar-refractivity contribution is 5.52. The maximum Gasteiger partial charge on any atom is 0.139 e. The average molecular weight is 448 g/mol. The zero-order valence-electron chi connectivity index (χ0n) is 20.4. The fraction of sp³-hybridized carbons (Fsp3) is 0.808. The van der Waals surface area contributed by atoms with Crippen molar-refractivity contribution < 1.29 is 5.11 Å². The van der Waals surface area contributed by atoms with Crippen LogP contribution < -0.4 is 11.3 Å². The van der Waals surface area contributed by atoms with Crippen molar-refractivity contribution in [1.29, 1.82) is 0 Å². The molecule has 2 unspecified atom stereocenters. The molecule has 4 N–H and O–H groups in total. The molecule has 184 valence electrons. The Morgan fingerprint density at radius 3 is 2.41 bits per heavy atom. The van der Waals surface area contributed by atoms with Crippen LogP contribution in [0.3, 0.4) is 0 Å². The summed E-state index contributed by atoms with van der Waals surface area (Å²) in [4.78, 5) is 9.06. The van der Waals surface area contributed by atoms with Crippen molar-refractivity contribution in [2.24, 2.45) is 10.8 Å². The van der Waals surface area contributed by atoms with Gasteiger partial charge in [0.15, 0.2) is 0 Å². The van der Waals surface area contributed by atoms with Crippen LogP contribution in [0.25, 0.3) is 0 Å². The molecule has 6 nitrogen and oxygen atoms in total. The second kappa shape index (κ2) is 16.4. The molecule has 2 aliphatic rings. The molecule has 2 heterocycles. The number of fused-ring (bicyclic) bond motifs is 1. The zero-order valence-corrected chi connectivity index (χ0v) is 20.4. The van der Waals surface area contributed by atoms with E-state index in [1.54, 1.807) is 6.34 Å². The van der Waals surface area contributed by atoms with Crippen LogP contribution in [0.4, 0.5) is 0 Å². The number of hydrogen-bond donors (Lipinski definition) is 3. The summed E-state index contributed by atoms with van der Waals surface area (Å²) in [6.45, 7) is 7.83. The molecule has 0 aromatic heterocycles. The van der Waals surface area contributed by atoms with E-state index in [0.29, 0.717) is 0 Å². The second-order valence-electron chi connectivity index (χ2n) is 9.51. The van der Waals surface area contributed by atoms with Gasteiger partial charge in [-0.05, 0) is 57.6 Å². The Balaban J connectivity index is 1.57. The highest BCUT2D eigenvalue weighted by Crippen LogP contribution is 2.34. The largest absolute Gasteiger partial charge is 0.372 e. The molecule has 0 bridgehead atoms. The quantitative estimate of drug-likeness (QED) is 0.0667. The van der Waals surface area contributed by atoms with Crippen LogP contribution in [0, 0.1) is 0 Å². The summed E-state index contributed by atoms with van der Waals surface area (Å²) in [7, 11) is 0. The standard InChI is InChI=1S/C26H49N5O/c1-2-3-4-5-6-7-8-9-10-11-13-18-26(32)19-17-25-30(22-16-23-31(25)26)21-15-12-14-20-28-24-29-27/h2,17,19,24-25,32H,1,3-16,18,20-23,27H2,(H,28,29). The fourth-order valence-electron chi connectivity index (χ4n) is 5.08. The number of nitrogens with one attached hydrogen (secondary N) is 1. The molecule has 32 heavy (non-hydrogen) atoms. The van der Waals surface area contributed by atoms with Crippen molar-refractivity contribution in [3.63, 3.8) is 0 Å². The van der Waals surface area contributed by atoms with Crippen LogP contribution in [0.2, 0.25) is 0 Å². The molecule has 0 amide bonds. The van der Waals surface area contributed by atoms with E-state index in [2.05, 4.69) is 38.9 Å². The maximum atomic E-state index is 11.3. The fourth-order valence-corrected chi connectivity index (χ4v) is 5.08. The first-order valence-corrected chi connectivity index (χ1v) is 13.2. The van der Waals surface area contributed by atoms with Gasteiger partial charge >= 0.3 is 0 Å². The van der Waals surface area contributed by atoms with Crippen LogP contribution in [0.1, 0.15) is 96.3 Å². The highest BCUT2D eigenvalue weighted by atomic mass is 16.3. The van der Waals surface area contributed by atoms with Crippen molar-refractivity contribution >= 4 is 6.34 Å². The van der Waals surface area contributed by atoms with Gasteiger partial charge in [-0.15, -0.1) is 6.58 Å². The Hall–Kier alpha value is -1.21. The number of hydrogen-bond acceptors (Lipinski definition) is 5. The number of aliphatic hydroxyl groups is 1. The van der Waals surface area contributed by atoms with E-state index in [4.69, 9.17) is 5.84 Å². The molecular formula is C26H49N5O. The van der Waals surface area contributed by atoms with E-state index >= 15 is 0 Å². The van der Waals surface area contributed by atoms with Crippen molar-refractivity contribution in [3.05, 3.63) is 24.8 Å². The third-order valence-electron chi connectivity index (χ3n) is 6.92. The Kier molecular flexibility index (Phi) is 13.9. The minimum absolute atomic E-state index is 0.273. The van der Waals surface area contributed by atoms with Crippen LogP contribution in [0.5, 0.6) is 0 Å². The molecule has 1 fully saturated rings. The molecule has 0 radical (unpaired) electrons. The predicted molar refractivity (Wildman–Crippen MR) is 136 cm³/mol. The zero-order chi connectivity index (χ0) is 22.9. The lowest BCUT2D eigenvalue weighted by Crippen LogP contribution is -2.58. The third kappa shape index (κ3) is 9.74. The van der Waals surface area contributed by atoms with Gasteiger partial charge in [0, 0.05) is 19.6 Å². The normalized spacial score (nSPS) is 23.8. The first-order chi connectivity index (χ1) is 15.7. The molecule has 0 aromatic carbocycles. The van der Waals surface area contributed by atoms with Gasteiger partial charge in [-0.25, -0.2) is 5.84 Å². The molecule has 0 saturated carbocycles. The Morgan fingerprint density at radius 1 is 1.00 bits per heavy atom. The van der Waals surface area contributed by atoms with Gasteiger partial charge in [-0.3, -0.25) is 14.8 Å². The maximum absolute atomic E-state index is 11.3. The summed E-state index contributed by atoms with van der Waals surface area (Å²) in [5.74, 6) is 5.18. The highest BCUT2D eigenvalue weighted by Gasteiger charge is 2.43. The van der Waals surface area contributed by atoms with E-state index in [0.717, 1.165) is 58.3 Å². The monoisotopic (exact) mass is 447 g/mol. The average Bonchev–Trinajstić information content (AvgIpc) is 3.14. The second-order valence-corrected chi connectivity index (χ2v) is 9.51. The lowest BCUT2D eigenvalue weighted by Gasteiger charge is -2.45. The number of unbranched alkanes of at least 4 members (excludes halogenated alkanes) is 11. The van der Waals surface area contributed by atoms with Gasteiger partial charge in [0.25, 0.3) is 0 Å². The van der Waals surface area contributed by atoms with Gasteiger partial charge < -0.3 is 10.5 Å². The molecule has 0 aliphatic carbocycles. The van der Waals surface area contributed by atoms with E-state index in [9.17, 15) is 5.11 Å². The van der Waals surface area contributed by atoms with E-state index < -0.39 is 5.72 Å². The van der Waals surface area contributed by atoms with Gasteiger partial charge in [0.05, 0.1) is 12.5 Å². The number of nitrogens with zero attached hydrogens (tertiary/aromatic N) is 3. The van der Waals surface area contributed by atoms with Crippen LogP contribution in [-0.2, 0) is 0 Å². The minimum Gasteiger partial charge on any atom is -0.372 e. The summed E-state index contributed by atoms with van der Waals surface area (Å²) >= 11 is 0. The SMILES string of the molecule is C=CCCCCCCCCCCCC1(O)C=CC2N(CCCCCN=CNN)CCCN21. The lowest BCUT2D eigenvalue weighted by atomic mass is 10.0. The lowest BCUT2D eigenvalue weighted by molar-refractivity contribution is -0.122. The first-order valence-electron chi connectivity index (χ1n) is 13.2. The molecule has 0 spiro atoms. The molecular weight excluding hydrogens is 398 g/mol. The summed E-state index contributed by atoms with van der Waals surface area (Å²) in [6, 6.07) is 0. The first kappa shape index (κ1) is 27.0. The number of hydrazine groups is 1. The molecule has 6 heteroatoms. The van der Waals surface area contributed by atoms with Gasteiger partial charge in [-0.2, -0.15) is 0 Å². The van der Waals surface area contributed by atoms with E-state index in [-0.39, 0.29) is 6.17 Å². The molecule has 2 aliphatic heterocycles. The summed E-state index contributed by atoms with van der Waals surface area (Å²) < 4.78 is 0. The molecule has 1 saturated heterocycles. The van der Waals surface area contributed by atoms with Crippen LogP contribution >= 0.6 is 0 Å². The van der Waals surface area contributed by atoms with Crippen molar-refractivity contribution in [3.8, 4) is 0 Å². The van der Waals surface area contributed by atoms with Crippen LogP contribution in [0.15, 0.2) is 29.8 Å².